The molecule has 1 aromatic heterocycles. The fourth-order valence-corrected chi connectivity index (χ4v) is 3.80. The van der Waals surface area contributed by atoms with Gasteiger partial charge in [0.25, 0.3) is 0 Å². The van der Waals surface area contributed by atoms with E-state index in [4.69, 9.17) is 4.74 Å². The Morgan fingerprint density at radius 3 is 2.70 bits per heavy atom. The molecule has 156 valence electrons. The van der Waals surface area contributed by atoms with E-state index >= 15 is 0 Å². The Hall–Kier alpha value is -3.12. The molecule has 0 radical (unpaired) electrons. The molecule has 30 heavy (non-hydrogen) atoms. The maximum absolute atomic E-state index is 12.9. The first-order valence-corrected chi connectivity index (χ1v) is 10.4. The number of benzene rings is 2. The van der Waals surface area contributed by atoms with E-state index in [1.807, 2.05) is 79.5 Å². The number of anilines is 1. The van der Waals surface area contributed by atoms with Gasteiger partial charge in [0.1, 0.15) is 11.6 Å². The number of rotatable bonds is 6. The van der Waals surface area contributed by atoms with Gasteiger partial charge in [-0.25, -0.2) is 4.98 Å². The van der Waals surface area contributed by atoms with Gasteiger partial charge in [0.2, 0.25) is 5.91 Å². The predicted molar refractivity (Wildman–Crippen MR) is 118 cm³/mol. The number of carbonyl (C=O) groups is 1. The number of hydrogen-bond donors (Lipinski definition) is 1. The molecule has 0 atom stereocenters. The van der Waals surface area contributed by atoms with Crippen molar-refractivity contribution in [1.82, 2.24) is 14.5 Å². The van der Waals surface area contributed by atoms with Crippen LogP contribution >= 0.6 is 0 Å². The number of nitrogens with one attached hydrogen (secondary N) is 1. The summed E-state index contributed by atoms with van der Waals surface area (Å²) in [6, 6.07) is 15.5. The van der Waals surface area contributed by atoms with Crippen LogP contribution in [0.2, 0.25) is 0 Å². The highest BCUT2D eigenvalue weighted by atomic mass is 16.5. The van der Waals surface area contributed by atoms with Crippen molar-refractivity contribution in [2.45, 2.75) is 26.3 Å². The van der Waals surface area contributed by atoms with Crippen LogP contribution in [0.4, 0.5) is 5.69 Å². The molecule has 1 aliphatic rings. The number of imidazole rings is 1. The maximum atomic E-state index is 12.9. The summed E-state index contributed by atoms with van der Waals surface area (Å²) in [4.78, 5) is 19.7. The molecule has 1 N–H and O–H groups in total. The second-order valence-corrected chi connectivity index (χ2v) is 7.91. The minimum Gasteiger partial charge on any atom is -0.455 e. The summed E-state index contributed by atoms with van der Waals surface area (Å²) in [5, 5.41) is 3.09. The Morgan fingerprint density at radius 1 is 1.17 bits per heavy atom. The number of aryl methyl sites for hydroxylation is 2. The highest BCUT2D eigenvalue weighted by Crippen LogP contribution is 2.31. The molecule has 0 bridgehead atoms. The molecule has 0 saturated carbocycles. The minimum absolute atomic E-state index is 0.00893. The lowest BCUT2D eigenvalue weighted by Crippen LogP contribution is -2.38. The van der Waals surface area contributed by atoms with E-state index < -0.39 is 0 Å². The number of amides is 1. The lowest BCUT2D eigenvalue weighted by molar-refractivity contribution is -0.121. The molecule has 3 aromatic rings. The van der Waals surface area contributed by atoms with Crippen molar-refractivity contribution in [3.8, 4) is 11.5 Å². The smallest absolute Gasteiger partial charge is 0.227 e. The number of carbonyl (C=O) groups excluding carboxylic acids is 1. The zero-order chi connectivity index (χ0) is 20.9. The Bertz CT molecular complexity index is 1010. The van der Waals surface area contributed by atoms with Gasteiger partial charge in [0.05, 0.1) is 12.2 Å². The van der Waals surface area contributed by atoms with Crippen molar-refractivity contribution in [2.75, 3.05) is 18.4 Å². The number of aromatic nitrogens is 2. The third-order valence-corrected chi connectivity index (χ3v) is 5.61. The first-order chi connectivity index (χ1) is 14.6. The molecule has 1 saturated heterocycles. The number of likely N-dealkylation sites (tertiary alicyclic amines) is 1. The molecule has 4 rings (SSSR count). The van der Waals surface area contributed by atoms with E-state index in [0.29, 0.717) is 11.4 Å². The Labute approximate surface area is 177 Å². The Morgan fingerprint density at radius 2 is 1.97 bits per heavy atom. The van der Waals surface area contributed by atoms with E-state index in [0.717, 1.165) is 49.6 Å². The Kier molecular flexibility index (Phi) is 6.14. The fourth-order valence-electron chi connectivity index (χ4n) is 3.80. The number of ether oxygens (including phenoxy) is 1. The number of hydrogen-bond acceptors (Lipinski definition) is 4. The normalized spacial score (nSPS) is 15.1. The molecule has 2 aromatic carbocycles. The van der Waals surface area contributed by atoms with Gasteiger partial charge in [-0.1, -0.05) is 24.3 Å². The molecule has 1 aliphatic heterocycles. The predicted octanol–water partition coefficient (Wildman–Crippen LogP) is 4.37. The first-order valence-electron chi connectivity index (χ1n) is 10.4. The van der Waals surface area contributed by atoms with Crippen LogP contribution in [0.1, 0.15) is 24.2 Å². The molecular weight excluding hydrogens is 376 g/mol. The van der Waals surface area contributed by atoms with Crippen molar-refractivity contribution < 1.29 is 9.53 Å². The standard InChI is InChI=1S/C24H28N4O2/c1-18-6-5-7-20(16-18)30-22-9-4-3-8-21(22)26-24(29)19-10-13-28(14-11-19)17-23-25-12-15-27(23)2/h3-9,12,15-16,19H,10-11,13-14,17H2,1-2H3,(H,26,29). The van der Waals surface area contributed by atoms with Gasteiger partial charge in [-0.05, 0) is 62.7 Å². The monoisotopic (exact) mass is 404 g/mol. The topological polar surface area (TPSA) is 59.4 Å². The molecule has 0 spiro atoms. The van der Waals surface area contributed by atoms with E-state index in [1.165, 1.54) is 0 Å². The van der Waals surface area contributed by atoms with Gasteiger partial charge >= 0.3 is 0 Å². The van der Waals surface area contributed by atoms with Gasteiger partial charge in [0, 0.05) is 25.4 Å². The highest BCUT2D eigenvalue weighted by molar-refractivity contribution is 5.94. The molecule has 0 aliphatic carbocycles. The van der Waals surface area contributed by atoms with Gasteiger partial charge in [0.15, 0.2) is 5.75 Å². The summed E-state index contributed by atoms with van der Waals surface area (Å²) in [7, 11) is 2.01. The van der Waals surface area contributed by atoms with Crippen LogP contribution in [0, 0.1) is 12.8 Å². The lowest BCUT2D eigenvalue weighted by atomic mass is 9.95. The van der Waals surface area contributed by atoms with E-state index in [1.54, 1.807) is 0 Å². The molecular formula is C24H28N4O2. The largest absolute Gasteiger partial charge is 0.455 e. The number of piperidine rings is 1. The zero-order valence-corrected chi connectivity index (χ0v) is 17.5. The summed E-state index contributed by atoms with van der Waals surface area (Å²) < 4.78 is 8.08. The van der Waals surface area contributed by atoms with Crippen molar-refractivity contribution in [3.63, 3.8) is 0 Å². The van der Waals surface area contributed by atoms with Crippen LogP contribution in [0.25, 0.3) is 0 Å². The van der Waals surface area contributed by atoms with Gasteiger partial charge in [-0.15, -0.1) is 0 Å². The maximum Gasteiger partial charge on any atom is 0.227 e. The summed E-state index contributed by atoms with van der Waals surface area (Å²) in [5.41, 5.74) is 1.84. The van der Waals surface area contributed by atoms with E-state index in [9.17, 15) is 4.79 Å². The van der Waals surface area contributed by atoms with Crippen molar-refractivity contribution >= 4 is 11.6 Å². The van der Waals surface area contributed by atoms with Crippen LogP contribution in [-0.4, -0.2) is 33.4 Å². The fraction of sp³-hybridized carbons (Fsp3) is 0.333. The van der Waals surface area contributed by atoms with Gasteiger partial charge in [-0.3, -0.25) is 9.69 Å². The summed E-state index contributed by atoms with van der Waals surface area (Å²) >= 11 is 0. The molecule has 1 fully saturated rings. The minimum atomic E-state index is 0.00893. The van der Waals surface area contributed by atoms with Crippen LogP contribution in [0.3, 0.4) is 0 Å². The molecule has 1 amide bonds. The average molecular weight is 405 g/mol. The Balaban J connectivity index is 1.35. The van der Waals surface area contributed by atoms with Crippen LogP contribution in [0.5, 0.6) is 11.5 Å². The van der Waals surface area contributed by atoms with Gasteiger partial charge in [-0.2, -0.15) is 0 Å². The van der Waals surface area contributed by atoms with Crippen molar-refractivity contribution in [1.29, 1.82) is 0 Å². The second-order valence-electron chi connectivity index (χ2n) is 7.91. The van der Waals surface area contributed by atoms with Crippen molar-refractivity contribution in [2.24, 2.45) is 13.0 Å². The van der Waals surface area contributed by atoms with Gasteiger partial charge < -0.3 is 14.6 Å². The van der Waals surface area contributed by atoms with Crippen LogP contribution in [0.15, 0.2) is 60.9 Å². The molecule has 6 heteroatoms. The van der Waals surface area contributed by atoms with Crippen LogP contribution < -0.4 is 10.1 Å². The third kappa shape index (κ3) is 4.89. The van der Waals surface area contributed by atoms with Crippen molar-refractivity contribution in [3.05, 3.63) is 72.3 Å². The SMILES string of the molecule is Cc1cccc(Oc2ccccc2NC(=O)C2CCN(Cc3nccn3C)CC2)c1. The first kappa shape index (κ1) is 20.2. The lowest BCUT2D eigenvalue weighted by Gasteiger charge is -2.31. The van der Waals surface area contributed by atoms with E-state index in [-0.39, 0.29) is 11.8 Å². The molecule has 0 unspecified atom stereocenters. The summed E-state index contributed by atoms with van der Waals surface area (Å²) in [6.45, 7) is 4.64. The highest BCUT2D eigenvalue weighted by Gasteiger charge is 2.26. The second kappa shape index (κ2) is 9.13. The number of nitrogens with zero attached hydrogens (tertiary/aromatic N) is 3. The third-order valence-electron chi connectivity index (χ3n) is 5.61. The zero-order valence-electron chi connectivity index (χ0n) is 17.5. The van der Waals surface area contributed by atoms with E-state index in [2.05, 4.69) is 15.2 Å². The summed E-state index contributed by atoms with van der Waals surface area (Å²) in [6.07, 6.45) is 5.48. The quantitative estimate of drug-likeness (QED) is 0.663. The molecule has 6 nitrogen and oxygen atoms in total. The van der Waals surface area contributed by atoms with Crippen LogP contribution in [-0.2, 0) is 18.4 Å². The average Bonchev–Trinajstić information content (AvgIpc) is 3.14. The number of para-hydroxylation sites is 2. The molecule has 2 heterocycles. The summed E-state index contributed by atoms with van der Waals surface area (Å²) in [5.74, 6) is 2.55.